The van der Waals surface area contributed by atoms with Crippen molar-refractivity contribution in [1.82, 2.24) is 10.3 Å². The number of aromatic nitrogens is 1. The molecule has 60 valence electrons. The van der Waals surface area contributed by atoms with Crippen LogP contribution in [0.2, 0.25) is 0 Å². The third-order valence-corrected chi connectivity index (χ3v) is 2.17. The van der Waals surface area contributed by atoms with Gasteiger partial charge in [-0.3, -0.25) is 0 Å². The zero-order chi connectivity index (χ0) is 7.73. The molecule has 0 aromatic carbocycles. The molecule has 1 fully saturated rings. The smallest absolute Gasteiger partial charge is 0.180 e. The molecule has 1 aliphatic rings. The van der Waals surface area contributed by atoms with Crippen LogP contribution < -0.4 is 5.32 Å². The predicted octanol–water partition coefficient (Wildman–Crippen LogP) is 1.32. The lowest BCUT2D eigenvalue weighted by Gasteiger charge is -2.07. The first kappa shape index (κ1) is 6.85. The summed E-state index contributed by atoms with van der Waals surface area (Å²) >= 11 is 0. The summed E-state index contributed by atoms with van der Waals surface area (Å²) in [5.74, 6) is 0.915. The Hall–Kier alpha value is -0.830. The highest BCUT2D eigenvalue weighted by Gasteiger charge is 2.36. The summed E-state index contributed by atoms with van der Waals surface area (Å²) in [6.07, 6.45) is 5.77. The van der Waals surface area contributed by atoms with E-state index in [0.717, 1.165) is 12.3 Å². The van der Waals surface area contributed by atoms with E-state index >= 15 is 0 Å². The topological polar surface area (TPSA) is 38.1 Å². The second-order valence-corrected chi connectivity index (χ2v) is 3.38. The van der Waals surface area contributed by atoms with Gasteiger partial charge in [-0.25, -0.2) is 4.98 Å². The van der Waals surface area contributed by atoms with Crippen LogP contribution in [0.25, 0.3) is 0 Å². The van der Waals surface area contributed by atoms with Crippen molar-refractivity contribution in [2.75, 3.05) is 0 Å². The maximum Gasteiger partial charge on any atom is 0.180 e. The van der Waals surface area contributed by atoms with Crippen molar-refractivity contribution in [2.45, 2.75) is 31.8 Å². The quantitative estimate of drug-likeness (QED) is 0.709. The highest BCUT2D eigenvalue weighted by molar-refractivity contribution is 4.99. The number of rotatable bonds is 3. The Bertz CT molecular complexity index is 226. The molecule has 1 N–H and O–H groups in total. The van der Waals surface area contributed by atoms with Gasteiger partial charge in [0.1, 0.15) is 5.76 Å². The van der Waals surface area contributed by atoms with Crippen molar-refractivity contribution < 1.29 is 4.42 Å². The monoisotopic (exact) mass is 152 g/mol. The molecular formula is C8H12N2O. The molecule has 0 radical (unpaired) electrons. The maximum absolute atomic E-state index is 5.08. The van der Waals surface area contributed by atoms with Crippen molar-refractivity contribution in [3.05, 3.63) is 18.4 Å². The van der Waals surface area contributed by atoms with Crippen molar-refractivity contribution >= 4 is 0 Å². The van der Waals surface area contributed by atoms with Crippen LogP contribution in [-0.2, 0) is 6.54 Å². The van der Waals surface area contributed by atoms with Crippen LogP contribution in [0.1, 0.15) is 25.5 Å². The lowest BCUT2D eigenvalue weighted by atomic mass is 10.3. The molecule has 2 rings (SSSR count). The minimum Gasteiger partial charge on any atom is -0.447 e. The van der Waals surface area contributed by atoms with E-state index in [1.165, 1.54) is 19.2 Å². The Labute approximate surface area is 65.8 Å². The lowest BCUT2D eigenvalue weighted by Crippen LogP contribution is -2.26. The fraction of sp³-hybridized carbons (Fsp3) is 0.625. The van der Waals surface area contributed by atoms with Gasteiger partial charge in [0.15, 0.2) is 6.39 Å². The van der Waals surface area contributed by atoms with Crippen molar-refractivity contribution in [2.24, 2.45) is 0 Å². The fourth-order valence-corrected chi connectivity index (χ4v) is 0.994. The molecule has 1 saturated carbocycles. The molecule has 0 amide bonds. The van der Waals surface area contributed by atoms with Gasteiger partial charge in [0, 0.05) is 5.54 Å². The molecular weight excluding hydrogens is 140 g/mol. The second kappa shape index (κ2) is 2.34. The first-order chi connectivity index (χ1) is 5.29. The Kier molecular flexibility index (Phi) is 1.46. The third-order valence-electron chi connectivity index (χ3n) is 2.17. The SMILES string of the molecule is CC1(NCc2cnco2)CC1. The van der Waals surface area contributed by atoms with Gasteiger partial charge in [-0.05, 0) is 19.8 Å². The van der Waals surface area contributed by atoms with E-state index in [1.807, 2.05) is 0 Å². The standard InChI is InChI=1S/C8H12N2O/c1-8(2-3-8)10-5-7-4-9-6-11-7/h4,6,10H,2-3,5H2,1H3. The Morgan fingerprint density at radius 2 is 2.55 bits per heavy atom. The number of hydrogen-bond acceptors (Lipinski definition) is 3. The summed E-state index contributed by atoms with van der Waals surface area (Å²) in [6.45, 7) is 3.03. The van der Waals surface area contributed by atoms with Crippen LogP contribution in [0, 0.1) is 0 Å². The minimum absolute atomic E-state index is 0.382. The summed E-state index contributed by atoms with van der Waals surface area (Å²) < 4.78 is 5.08. The Balaban J connectivity index is 1.83. The molecule has 11 heavy (non-hydrogen) atoms. The highest BCUT2D eigenvalue weighted by atomic mass is 16.3. The van der Waals surface area contributed by atoms with E-state index in [4.69, 9.17) is 4.42 Å². The van der Waals surface area contributed by atoms with E-state index in [1.54, 1.807) is 6.20 Å². The van der Waals surface area contributed by atoms with Crippen molar-refractivity contribution in [1.29, 1.82) is 0 Å². The molecule has 1 aromatic rings. The number of oxazole rings is 1. The van der Waals surface area contributed by atoms with Gasteiger partial charge in [0.25, 0.3) is 0 Å². The highest BCUT2D eigenvalue weighted by Crippen LogP contribution is 2.34. The molecule has 1 heterocycles. The number of nitrogens with zero attached hydrogens (tertiary/aromatic N) is 1. The van der Waals surface area contributed by atoms with E-state index < -0.39 is 0 Å². The van der Waals surface area contributed by atoms with Crippen LogP contribution >= 0.6 is 0 Å². The van der Waals surface area contributed by atoms with Crippen molar-refractivity contribution in [3.8, 4) is 0 Å². The largest absolute Gasteiger partial charge is 0.447 e. The van der Waals surface area contributed by atoms with Gasteiger partial charge in [0.2, 0.25) is 0 Å². The van der Waals surface area contributed by atoms with Crippen LogP contribution in [-0.4, -0.2) is 10.5 Å². The summed E-state index contributed by atoms with van der Waals surface area (Å²) in [6, 6.07) is 0. The second-order valence-electron chi connectivity index (χ2n) is 3.38. The molecule has 0 aliphatic heterocycles. The molecule has 3 heteroatoms. The van der Waals surface area contributed by atoms with Crippen molar-refractivity contribution in [3.63, 3.8) is 0 Å². The summed E-state index contributed by atoms with van der Waals surface area (Å²) in [5.41, 5.74) is 0.382. The van der Waals surface area contributed by atoms with E-state index in [9.17, 15) is 0 Å². The van der Waals surface area contributed by atoms with E-state index in [-0.39, 0.29) is 0 Å². The van der Waals surface area contributed by atoms with E-state index in [2.05, 4.69) is 17.2 Å². The average Bonchev–Trinajstić information content (AvgIpc) is 2.53. The summed E-state index contributed by atoms with van der Waals surface area (Å²) in [7, 11) is 0. The first-order valence-electron chi connectivity index (χ1n) is 3.91. The van der Waals surface area contributed by atoms with Crippen LogP contribution in [0.15, 0.2) is 17.0 Å². The normalized spacial score (nSPS) is 20.1. The lowest BCUT2D eigenvalue weighted by molar-refractivity contribution is 0.446. The zero-order valence-electron chi connectivity index (χ0n) is 6.63. The predicted molar refractivity (Wildman–Crippen MR) is 41.0 cm³/mol. The number of hydrogen-bond donors (Lipinski definition) is 1. The molecule has 1 aromatic heterocycles. The first-order valence-corrected chi connectivity index (χ1v) is 3.91. The molecule has 1 aliphatic carbocycles. The van der Waals surface area contributed by atoms with Gasteiger partial charge in [-0.1, -0.05) is 0 Å². The van der Waals surface area contributed by atoms with Crippen LogP contribution in [0.5, 0.6) is 0 Å². The molecule has 0 atom stereocenters. The maximum atomic E-state index is 5.08. The fourth-order valence-electron chi connectivity index (χ4n) is 0.994. The zero-order valence-corrected chi connectivity index (χ0v) is 6.63. The molecule has 3 nitrogen and oxygen atoms in total. The van der Waals surface area contributed by atoms with Gasteiger partial charge in [-0.15, -0.1) is 0 Å². The number of nitrogens with one attached hydrogen (secondary N) is 1. The minimum atomic E-state index is 0.382. The molecule has 0 saturated heterocycles. The van der Waals surface area contributed by atoms with Gasteiger partial charge >= 0.3 is 0 Å². The average molecular weight is 152 g/mol. The molecule has 0 unspecified atom stereocenters. The molecule has 0 spiro atoms. The summed E-state index contributed by atoms with van der Waals surface area (Å²) in [5, 5.41) is 3.40. The third kappa shape index (κ3) is 1.60. The Morgan fingerprint density at radius 1 is 1.73 bits per heavy atom. The van der Waals surface area contributed by atoms with Gasteiger partial charge in [-0.2, -0.15) is 0 Å². The van der Waals surface area contributed by atoms with E-state index in [0.29, 0.717) is 5.54 Å². The van der Waals surface area contributed by atoms with Crippen LogP contribution in [0.4, 0.5) is 0 Å². The van der Waals surface area contributed by atoms with Gasteiger partial charge < -0.3 is 9.73 Å². The molecule has 0 bridgehead atoms. The van der Waals surface area contributed by atoms with Gasteiger partial charge in [0.05, 0.1) is 12.7 Å². The summed E-state index contributed by atoms with van der Waals surface area (Å²) in [4.78, 5) is 3.84. The Morgan fingerprint density at radius 3 is 3.09 bits per heavy atom. The van der Waals surface area contributed by atoms with Crippen LogP contribution in [0.3, 0.4) is 0 Å².